The van der Waals surface area contributed by atoms with Crippen LogP contribution in [0.15, 0.2) is 96.4 Å². The predicted molar refractivity (Wildman–Crippen MR) is 114 cm³/mol. The minimum absolute atomic E-state index is 0.159. The molecule has 1 aromatic heterocycles. The normalized spacial score (nSPS) is 20.0. The number of rotatable bonds is 2. The van der Waals surface area contributed by atoms with Crippen LogP contribution in [0.1, 0.15) is 35.4 Å². The number of nitrogens with zero attached hydrogens (tertiary/aromatic N) is 3. The summed E-state index contributed by atoms with van der Waals surface area (Å²) in [4.78, 5) is 4.29. The Bertz CT molecular complexity index is 1240. The van der Waals surface area contributed by atoms with Crippen LogP contribution in [0, 0.1) is 0 Å². The number of aromatic nitrogens is 1. The zero-order chi connectivity index (χ0) is 19.2. The molecule has 140 valence electrons. The van der Waals surface area contributed by atoms with E-state index >= 15 is 0 Å². The van der Waals surface area contributed by atoms with E-state index in [4.69, 9.17) is 9.84 Å². The van der Waals surface area contributed by atoms with E-state index in [1.165, 1.54) is 21.9 Å². The van der Waals surface area contributed by atoms with Crippen LogP contribution in [0.5, 0.6) is 5.75 Å². The lowest BCUT2D eigenvalue weighted by atomic mass is 9.95. The quantitative estimate of drug-likeness (QED) is 0.464. The average Bonchev–Trinajstić information content (AvgIpc) is 3.25. The zero-order valence-corrected chi connectivity index (χ0v) is 15.8. The van der Waals surface area contributed by atoms with Crippen LogP contribution in [0.2, 0.25) is 0 Å². The molecule has 0 saturated carbocycles. The number of para-hydroxylation sites is 1. The van der Waals surface area contributed by atoms with Crippen LogP contribution in [0.25, 0.3) is 10.8 Å². The summed E-state index contributed by atoms with van der Waals surface area (Å²) in [7, 11) is 0. The van der Waals surface area contributed by atoms with E-state index in [1.807, 2.05) is 30.5 Å². The van der Waals surface area contributed by atoms with Gasteiger partial charge in [0, 0.05) is 29.9 Å². The summed E-state index contributed by atoms with van der Waals surface area (Å²) >= 11 is 0. The molecule has 2 atom stereocenters. The van der Waals surface area contributed by atoms with Crippen molar-refractivity contribution in [1.29, 1.82) is 0 Å². The summed E-state index contributed by atoms with van der Waals surface area (Å²) in [5, 5.41) is 9.62. The topological polar surface area (TPSA) is 37.7 Å². The van der Waals surface area contributed by atoms with Gasteiger partial charge in [-0.25, -0.2) is 5.01 Å². The van der Waals surface area contributed by atoms with Gasteiger partial charge in [0.15, 0.2) is 0 Å². The maximum absolute atomic E-state index is 6.37. The molecule has 3 aromatic carbocycles. The van der Waals surface area contributed by atoms with Gasteiger partial charge in [0.25, 0.3) is 0 Å². The average molecular weight is 377 g/mol. The Morgan fingerprint density at radius 1 is 0.862 bits per heavy atom. The van der Waals surface area contributed by atoms with Crippen LogP contribution >= 0.6 is 0 Å². The molecular weight excluding hydrogens is 358 g/mol. The van der Waals surface area contributed by atoms with E-state index in [1.54, 1.807) is 6.20 Å². The first-order valence-corrected chi connectivity index (χ1v) is 9.87. The van der Waals surface area contributed by atoms with E-state index in [0.717, 1.165) is 23.4 Å². The molecule has 0 saturated heterocycles. The Morgan fingerprint density at radius 3 is 2.62 bits per heavy atom. The van der Waals surface area contributed by atoms with Crippen LogP contribution < -0.4 is 4.74 Å². The highest BCUT2D eigenvalue weighted by Crippen LogP contribution is 2.47. The van der Waals surface area contributed by atoms with Crippen LogP contribution in [-0.4, -0.2) is 15.7 Å². The van der Waals surface area contributed by atoms with Crippen molar-refractivity contribution < 1.29 is 4.74 Å². The smallest absolute Gasteiger partial charge is 0.215 e. The number of ether oxygens (including phenoxy) is 1. The molecule has 6 rings (SSSR count). The highest BCUT2D eigenvalue weighted by atomic mass is 16.5. The van der Waals surface area contributed by atoms with Crippen LogP contribution in [-0.2, 0) is 0 Å². The van der Waals surface area contributed by atoms with Crippen molar-refractivity contribution in [2.45, 2.75) is 18.7 Å². The van der Waals surface area contributed by atoms with Gasteiger partial charge in [0.1, 0.15) is 5.75 Å². The zero-order valence-electron chi connectivity index (χ0n) is 15.8. The number of hydrogen-bond donors (Lipinski definition) is 0. The van der Waals surface area contributed by atoms with Crippen LogP contribution in [0.4, 0.5) is 0 Å². The highest BCUT2D eigenvalue weighted by molar-refractivity contribution is 6.04. The molecule has 0 spiro atoms. The van der Waals surface area contributed by atoms with E-state index in [2.05, 4.69) is 64.6 Å². The summed E-state index contributed by atoms with van der Waals surface area (Å²) < 4.78 is 6.37. The fourth-order valence-electron chi connectivity index (χ4n) is 4.32. The number of benzene rings is 3. The first-order chi connectivity index (χ1) is 14.4. The third-order valence-electron chi connectivity index (χ3n) is 5.75. The van der Waals surface area contributed by atoms with Gasteiger partial charge in [-0.15, -0.1) is 0 Å². The van der Waals surface area contributed by atoms with Crippen molar-refractivity contribution in [2.75, 3.05) is 0 Å². The number of fused-ring (bicyclic) bond motifs is 4. The van der Waals surface area contributed by atoms with Gasteiger partial charge in [0.2, 0.25) is 6.23 Å². The fourth-order valence-corrected chi connectivity index (χ4v) is 4.32. The molecule has 0 bridgehead atoms. The third kappa shape index (κ3) is 2.68. The molecule has 2 aliphatic heterocycles. The molecule has 4 heteroatoms. The molecule has 0 radical (unpaired) electrons. The molecule has 0 fully saturated rings. The summed E-state index contributed by atoms with van der Waals surface area (Å²) in [5.74, 6) is 0.928. The molecule has 3 heterocycles. The third-order valence-corrected chi connectivity index (χ3v) is 5.75. The predicted octanol–water partition coefficient (Wildman–Crippen LogP) is 5.48. The minimum Gasteiger partial charge on any atom is -0.464 e. The maximum atomic E-state index is 6.37. The van der Waals surface area contributed by atoms with Gasteiger partial charge < -0.3 is 4.74 Å². The molecular formula is C25H19N3O. The van der Waals surface area contributed by atoms with Gasteiger partial charge in [-0.3, -0.25) is 4.98 Å². The second-order valence-electron chi connectivity index (χ2n) is 7.50. The van der Waals surface area contributed by atoms with Gasteiger partial charge in [-0.1, -0.05) is 60.7 Å². The largest absolute Gasteiger partial charge is 0.464 e. The molecule has 29 heavy (non-hydrogen) atoms. The first kappa shape index (κ1) is 16.3. The second-order valence-corrected chi connectivity index (χ2v) is 7.50. The van der Waals surface area contributed by atoms with Gasteiger partial charge in [-0.05, 0) is 34.5 Å². The number of pyridine rings is 1. The van der Waals surface area contributed by atoms with Crippen molar-refractivity contribution in [3.8, 4) is 5.75 Å². The number of hydrazone groups is 1. The Kier molecular flexibility index (Phi) is 3.63. The van der Waals surface area contributed by atoms with E-state index < -0.39 is 0 Å². The minimum atomic E-state index is -0.276. The molecule has 0 N–H and O–H groups in total. The van der Waals surface area contributed by atoms with Crippen LogP contribution in [0.3, 0.4) is 0 Å². The number of hydrogen-bond acceptors (Lipinski definition) is 4. The SMILES string of the molecule is c1cncc([C@H]2Oc3ccccc3[C@@H]3CC(c4ccc5ccccc5c4)=NN23)c1. The first-order valence-electron chi connectivity index (χ1n) is 9.87. The van der Waals surface area contributed by atoms with Crippen molar-refractivity contribution >= 4 is 16.5 Å². The molecule has 2 aliphatic rings. The molecule has 4 nitrogen and oxygen atoms in total. The highest BCUT2D eigenvalue weighted by Gasteiger charge is 2.40. The standard InChI is InChI=1S/C25H19N3O/c1-2-7-18-14-19(12-11-17(18)6-1)22-15-23-21-9-3-4-10-24(21)29-25(28(23)27-22)20-8-5-13-26-16-20/h1-14,16,23,25H,15H2/t23-,25+/m0/s1. The summed E-state index contributed by atoms with van der Waals surface area (Å²) in [6.45, 7) is 0. The summed E-state index contributed by atoms with van der Waals surface area (Å²) in [6, 6.07) is 27.5. The lowest BCUT2D eigenvalue weighted by molar-refractivity contribution is -0.0192. The molecule has 4 aromatic rings. The Hall–Kier alpha value is -3.66. The summed E-state index contributed by atoms with van der Waals surface area (Å²) in [6.07, 6.45) is 4.22. The lowest BCUT2D eigenvalue weighted by Crippen LogP contribution is -2.33. The maximum Gasteiger partial charge on any atom is 0.215 e. The van der Waals surface area contributed by atoms with Gasteiger partial charge in [0.05, 0.1) is 11.8 Å². The fraction of sp³-hybridized carbons (Fsp3) is 0.120. The van der Waals surface area contributed by atoms with Gasteiger partial charge in [-0.2, -0.15) is 5.10 Å². The lowest BCUT2D eigenvalue weighted by Gasteiger charge is -2.38. The van der Waals surface area contributed by atoms with Crippen molar-refractivity contribution in [1.82, 2.24) is 9.99 Å². The second kappa shape index (κ2) is 6.45. The summed E-state index contributed by atoms with van der Waals surface area (Å²) in [5.41, 5.74) is 4.46. The van der Waals surface area contributed by atoms with Gasteiger partial charge >= 0.3 is 0 Å². The van der Waals surface area contributed by atoms with Crippen molar-refractivity contribution in [3.05, 3.63) is 108 Å². The Morgan fingerprint density at radius 2 is 1.72 bits per heavy atom. The van der Waals surface area contributed by atoms with E-state index in [9.17, 15) is 0 Å². The molecule has 0 amide bonds. The monoisotopic (exact) mass is 377 g/mol. The Balaban J connectivity index is 1.45. The molecule has 0 unspecified atom stereocenters. The van der Waals surface area contributed by atoms with Crippen molar-refractivity contribution in [3.63, 3.8) is 0 Å². The Labute approximate surface area is 169 Å². The molecule has 0 aliphatic carbocycles. The van der Waals surface area contributed by atoms with E-state index in [0.29, 0.717) is 0 Å². The van der Waals surface area contributed by atoms with E-state index in [-0.39, 0.29) is 12.3 Å². The van der Waals surface area contributed by atoms with Crippen molar-refractivity contribution in [2.24, 2.45) is 5.10 Å².